The first-order valence-corrected chi connectivity index (χ1v) is 6.93. The fourth-order valence-electron chi connectivity index (χ4n) is 2.71. The van der Waals surface area contributed by atoms with E-state index in [9.17, 15) is 4.79 Å². The molecule has 17 heavy (non-hydrogen) atoms. The Morgan fingerprint density at radius 3 is 2.94 bits per heavy atom. The Kier molecular flexibility index (Phi) is 4.66. The summed E-state index contributed by atoms with van der Waals surface area (Å²) < 4.78 is 5.54. The van der Waals surface area contributed by atoms with E-state index >= 15 is 0 Å². The van der Waals surface area contributed by atoms with Gasteiger partial charge in [0.15, 0.2) is 0 Å². The molecule has 2 saturated heterocycles. The normalized spacial score (nSPS) is 29.4. The lowest BCUT2D eigenvalue weighted by Gasteiger charge is -2.33. The lowest BCUT2D eigenvalue weighted by atomic mass is 10.0. The van der Waals surface area contributed by atoms with Crippen molar-refractivity contribution < 1.29 is 9.53 Å². The van der Waals surface area contributed by atoms with Gasteiger partial charge in [-0.15, -0.1) is 0 Å². The standard InChI is InChI=1S/C13H24N2O2/c1-11-5-2-3-9-15(11)13(16)14-8-7-12-6-4-10-17-12/h11-12H,2-10H2,1H3,(H,14,16)/t11-,12+/m0/s1. The number of hydrogen-bond acceptors (Lipinski definition) is 2. The monoisotopic (exact) mass is 240 g/mol. The van der Waals surface area contributed by atoms with Crippen molar-refractivity contribution in [2.75, 3.05) is 19.7 Å². The van der Waals surface area contributed by atoms with Crippen molar-refractivity contribution in [1.82, 2.24) is 10.2 Å². The number of likely N-dealkylation sites (tertiary alicyclic amines) is 1. The van der Waals surface area contributed by atoms with E-state index in [0.717, 1.165) is 45.4 Å². The van der Waals surface area contributed by atoms with Crippen LogP contribution in [0.3, 0.4) is 0 Å². The average Bonchev–Trinajstić information content (AvgIpc) is 2.82. The number of carbonyl (C=O) groups is 1. The number of hydrogen-bond donors (Lipinski definition) is 1. The Bertz CT molecular complexity index is 252. The molecule has 2 aliphatic rings. The van der Waals surface area contributed by atoms with Crippen molar-refractivity contribution in [3.63, 3.8) is 0 Å². The number of nitrogens with one attached hydrogen (secondary N) is 1. The minimum Gasteiger partial charge on any atom is -0.378 e. The number of urea groups is 1. The van der Waals surface area contributed by atoms with Crippen molar-refractivity contribution in [3.05, 3.63) is 0 Å². The Balaban J connectivity index is 1.65. The Morgan fingerprint density at radius 1 is 1.35 bits per heavy atom. The highest BCUT2D eigenvalue weighted by Crippen LogP contribution is 2.17. The first-order chi connectivity index (χ1) is 8.27. The van der Waals surface area contributed by atoms with Crippen LogP contribution in [-0.4, -0.2) is 42.8 Å². The second-order valence-corrected chi connectivity index (χ2v) is 5.19. The molecule has 2 fully saturated rings. The minimum absolute atomic E-state index is 0.107. The van der Waals surface area contributed by atoms with Gasteiger partial charge in [0.1, 0.15) is 0 Å². The molecule has 98 valence electrons. The molecule has 0 aromatic rings. The lowest BCUT2D eigenvalue weighted by Crippen LogP contribution is -2.47. The number of nitrogens with zero attached hydrogens (tertiary/aromatic N) is 1. The van der Waals surface area contributed by atoms with E-state index in [0.29, 0.717) is 12.1 Å². The summed E-state index contributed by atoms with van der Waals surface area (Å²) in [5, 5.41) is 3.02. The number of piperidine rings is 1. The lowest BCUT2D eigenvalue weighted by molar-refractivity contribution is 0.103. The van der Waals surface area contributed by atoms with Crippen LogP contribution >= 0.6 is 0 Å². The summed E-state index contributed by atoms with van der Waals surface area (Å²) in [6.45, 7) is 4.68. The molecule has 0 unspecified atom stereocenters. The number of amides is 2. The van der Waals surface area contributed by atoms with E-state index in [2.05, 4.69) is 12.2 Å². The molecule has 0 spiro atoms. The van der Waals surface area contributed by atoms with E-state index in [4.69, 9.17) is 4.74 Å². The van der Waals surface area contributed by atoms with Gasteiger partial charge in [0.05, 0.1) is 6.10 Å². The molecule has 2 atom stereocenters. The van der Waals surface area contributed by atoms with Gasteiger partial charge in [-0.1, -0.05) is 0 Å². The van der Waals surface area contributed by atoms with Crippen LogP contribution in [0, 0.1) is 0 Å². The molecule has 0 aromatic carbocycles. The van der Waals surface area contributed by atoms with Crippen LogP contribution in [0.2, 0.25) is 0 Å². The zero-order chi connectivity index (χ0) is 12.1. The number of rotatable bonds is 3. The Labute approximate surface area is 104 Å². The predicted octanol–water partition coefficient (Wildman–Crippen LogP) is 2.14. The first kappa shape index (κ1) is 12.7. The molecule has 0 aromatic heterocycles. The molecule has 2 amide bonds. The van der Waals surface area contributed by atoms with Crippen LogP contribution in [0.15, 0.2) is 0 Å². The minimum atomic E-state index is 0.107. The van der Waals surface area contributed by atoms with Crippen LogP contribution in [0.25, 0.3) is 0 Å². The van der Waals surface area contributed by atoms with Gasteiger partial charge in [-0.25, -0.2) is 4.79 Å². The van der Waals surface area contributed by atoms with Crippen molar-refractivity contribution >= 4 is 6.03 Å². The fraction of sp³-hybridized carbons (Fsp3) is 0.923. The van der Waals surface area contributed by atoms with Gasteiger partial charge in [-0.3, -0.25) is 0 Å². The molecular weight excluding hydrogens is 216 g/mol. The fourth-order valence-corrected chi connectivity index (χ4v) is 2.71. The summed E-state index contributed by atoms with van der Waals surface area (Å²) >= 11 is 0. The molecule has 0 radical (unpaired) electrons. The molecular formula is C13H24N2O2. The SMILES string of the molecule is C[C@H]1CCCCN1C(=O)NCC[C@H]1CCCO1. The van der Waals surface area contributed by atoms with Gasteiger partial charge in [-0.05, 0) is 45.4 Å². The second kappa shape index (κ2) is 6.24. The van der Waals surface area contributed by atoms with Crippen molar-refractivity contribution in [2.45, 2.75) is 57.6 Å². The highest BCUT2D eigenvalue weighted by Gasteiger charge is 2.23. The second-order valence-electron chi connectivity index (χ2n) is 5.19. The summed E-state index contributed by atoms with van der Waals surface area (Å²) in [6, 6.07) is 0.502. The topological polar surface area (TPSA) is 41.6 Å². The third-order valence-electron chi connectivity index (χ3n) is 3.83. The van der Waals surface area contributed by atoms with Gasteiger partial charge in [0.2, 0.25) is 0 Å². The molecule has 0 saturated carbocycles. The summed E-state index contributed by atoms with van der Waals surface area (Å²) in [7, 11) is 0. The molecule has 2 aliphatic heterocycles. The van der Waals surface area contributed by atoms with Crippen molar-refractivity contribution in [1.29, 1.82) is 0 Å². The van der Waals surface area contributed by atoms with Gasteiger partial charge in [0, 0.05) is 25.7 Å². The Hall–Kier alpha value is -0.770. The van der Waals surface area contributed by atoms with E-state index < -0.39 is 0 Å². The average molecular weight is 240 g/mol. The van der Waals surface area contributed by atoms with Gasteiger partial charge in [-0.2, -0.15) is 0 Å². The summed E-state index contributed by atoms with van der Waals surface area (Å²) in [6.07, 6.45) is 7.17. The maximum Gasteiger partial charge on any atom is 0.317 e. The summed E-state index contributed by atoms with van der Waals surface area (Å²) in [4.78, 5) is 13.9. The molecule has 0 aliphatic carbocycles. The van der Waals surface area contributed by atoms with Crippen LogP contribution in [0.5, 0.6) is 0 Å². The maximum absolute atomic E-state index is 12.0. The van der Waals surface area contributed by atoms with Crippen LogP contribution in [-0.2, 0) is 4.74 Å². The highest BCUT2D eigenvalue weighted by atomic mass is 16.5. The van der Waals surface area contributed by atoms with Crippen LogP contribution in [0.4, 0.5) is 4.79 Å². The molecule has 2 rings (SSSR count). The van der Waals surface area contributed by atoms with Crippen molar-refractivity contribution in [3.8, 4) is 0 Å². The Morgan fingerprint density at radius 2 is 2.24 bits per heavy atom. The van der Waals surface area contributed by atoms with E-state index in [1.165, 1.54) is 12.8 Å². The smallest absolute Gasteiger partial charge is 0.317 e. The maximum atomic E-state index is 12.0. The quantitative estimate of drug-likeness (QED) is 0.821. The zero-order valence-electron chi connectivity index (χ0n) is 10.8. The summed E-state index contributed by atoms with van der Waals surface area (Å²) in [5.41, 5.74) is 0. The third-order valence-corrected chi connectivity index (χ3v) is 3.83. The number of carbonyl (C=O) groups excluding carboxylic acids is 1. The van der Waals surface area contributed by atoms with Gasteiger partial charge < -0.3 is 15.0 Å². The van der Waals surface area contributed by atoms with Crippen molar-refractivity contribution in [2.24, 2.45) is 0 Å². The van der Waals surface area contributed by atoms with E-state index in [-0.39, 0.29) is 6.03 Å². The van der Waals surface area contributed by atoms with Gasteiger partial charge >= 0.3 is 6.03 Å². The third kappa shape index (κ3) is 3.60. The van der Waals surface area contributed by atoms with E-state index in [1.54, 1.807) is 0 Å². The zero-order valence-corrected chi connectivity index (χ0v) is 10.8. The van der Waals surface area contributed by atoms with Gasteiger partial charge in [0.25, 0.3) is 0 Å². The van der Waals surface area contributed by atoms with E-state index in [1.807, 2.05) is 4.90 Å². The predicted molar refractivity (Wildman–Crippen MR) is 67.0 cm³/mol. The number of ether oxygens (including phenoxy) is 1. The largest absolute Gasteiger partial charge is 0.378 e. The first-order valence-electron chi connectivity index (χ1n) is 6.93. The molecule has 4 heteroatoms. The molecule has 4 nitrogen and oxygen atoms in total. The van der Waals surface area contributed by atoms with Crippen LogP contribution < -0.4 is 5.32 Å². The molecule has 0 bridgehead atoms. The molecule has 2 heterocycles. The van der Waals surface area contributed by atoms with Crippen LogP contribution in [0.1, 0.15) is 45.4 Å². The summed E-state index contributed by atoms with van der Waals surface area (Å²) in [5.74, 6) is 0. The highest BCUT2D eigenvalue weighted by molar-refractivity contribution is 5.74. The molecule has 1 N–H and O–H groups in total.